The number of hydrogen-bond acceptors (Lipinski definition) is 5. The molecule has 33 heavy (non-hydrogen) atoms. The Morgan fingerprint density at radius 3 is 2.61 bits per heavy atom. The number of aromatic amines is 1. The quantitative estimate of drug-likeness (QED) is 0.445. The lowest BCUT2D eigenvalue weighted by molar-refractivity contribution is 0.0383. The van der Waals surface area contributed by atoms with Crippen LogP contribution in [0, 0.1) is 0 Å². The van der Waals surface area contributed by atoms with Crippen LogP contribution in [-0.4, -0.2) is 60.8 Å². The van der Waals surface area contributed by atoms with E-state index in [1.807, 2.05) is 48.8 Å². The number of morpholine rings is 1. The number of carbonyl (C=O) groups is 1. The van der Waals surface area contributed by atoms with Crippen molar-refractivity contribution in [3.05, 3.63) is 78.2 Å². The maximum absolute atomic E-state index is 12.6. The van der Waals surface area contributed by atoms with Crippen molar-refractivity contribution in [2.24, 2.45) is 0 Å². The number of pyridine rings is 1. The van der Waals surface area contributed by atoms with Gasteiger partial charge in [-0.25, -0.2) is 4.79 Å². The lowest BCUT2D eigenvalue weighted by Crippen LogP contribution is -2.37. The number of aromatic nitrogens is 2. The van der Waals surface area contributed by atoms with Gasteiger partial charge in [0, 0.05) is 71.7 Å². The number of rotatable bonds is 6. The van der Waals surface area contributed by atoms with Gasteiger partial charge in [0.2, 0.25) is 0 Å². The standard InChI is InChI=1S/C27H27N3O3/c1-32-27(31)22-8-5-9-23-26(22)25(24(29-23)10-11-30-12-14-33-15-13-30)21-16-20(17-28-18-21)19-6-3-2-4-7-19/h2-9,16-18,29H,10-15H2,1H3. The topological polar surface area (TPSA) is 67.5 Å². The maximum atomic E-state index is 12.6. The summed E-state index contributed by atoms with van der Waals surface area (Å²) in [4.78, 5) is 23.2. The van der Waals surface area contributed by atoms with Gasteiger partial charge in [0.05, 0.1) is 25.9 Å². The van der Waals surface area contributed by atoms with E-state index in [0.717, 1.165) is 78.1 Å². The monoisotopic (exact) mass is 441 g/mol. The van der Waals surface area contributed by atoms with Crippen LogP contribution in [0.5, 0.6) is 0 Å². The molecular formula is C27H27N3O3. The summed E-state index contributed by atoms with van der Waals surface area (Å²) < 4.78 is 10.6. The number of nitrogens with zero attached hydrogens (tertiary/aromatic N) is 2. The first-order valence-electron chi connectivity index (χ1n) is 11.3. The Kier molecular flexibility index (Phi) is 6.19. The average Bonchev–Trinajstić information content (AvgIpc) is 3.27. The highest BCUT2D eigenvalue weighted by molar-refractivity contribution is 6.11. The summed E-state index contributed by atoms with van der Waals surface area (Å²) >= 11 is 0. The second kappa shape index (κ2) is 9.57. The Hall–Kier alpha value is -3.48. The van der Waals surface area contributed by atoms with Gasteiger partial charge < -0.3 is 14.5 Å². The van der Waals surface area contributed by atoms with Crippen LogP contribution in [0.25, 0.3) is 33.2 Å². The molecule has 0 radical (unpaired) electrons. The molecule has 1 aliphatic heterocycles. The third-order valence-corrected chi connectivity index (χ3v) is 6.22. The van der Waals surface area contributed by atoms with E-state index in [-0.39, 0.29) is 5.97 Å². The van der Waals surface area contributed by atoms with Gasteiger partial charge in [0.25, 0.3) is 0 Å². The largest absolute Gasteiger partial charge is 0.465 e. The zero-order valence-corrected chi connectivity index (χ0v) is 18.7. The number of esters is 1. The number of nitrogens with one attached hydrogen (secondary N) is 1. The summed E-state index contributed by atoms with van der Waals surface area (Å²) in [6.07, 6.45) is 4.59. The van der Waals surface area contributed by atoms with Crippen molar-refractivity contribution in [2.75, 3.05) is 40.0 Å². The van der Waals surface area contributed by atoms with Crippen LogP contribution >= 0.6 is 0 Å². The van der Waals surface area contributed by atoms with E-state index in [0.29, 0.717) is 5.56 Å². The molecule has 0 aliphatic carbocycles. The SMILES string of the molecule is COC(=O)c1cccc2[nH]c(CCN3CCOCC3)c(-c3cncc(-c4ccccc4)c3)c12. The van der Waals surface area contributed by atoms with E-state index in [4.69, 9.17) is 9.47 Å². The zero-order valence-electron chi connectivity index (χ0n) is 18.7. The third-order valence-electron chi connectivity index (χ3n) is 6.22. The molecule has 4 aromatic rings. The van der Waals surface area contributed by atoms with E-state index in [1.165, 1.54) is 7.11 Å². The van der Waals surface area contributed by atoms with Gasteiger partial charge in [-0.15, -0.1) is 0 Å². The number of fused-ring (bicyclic) bond motifs is 1. The van der Waals surface area contributed by atoms with Crippen molar-refractivity contribution in [1.29, 1.82) is 0 Å². The van der Waals surface area contributed by atoms with Gasteiger partial charge in [-0.3, -0.25) is 9.88 Å². The van der Waals surface area contributed by atoms with Gasteiger partial charge in [0.1, 0.15) is 0 Å². The molecule has 1 saturated heterocycles. The minimum absolute atomic E-state index is 0.340. The first-order valence-corrected chi connectivity index (χ1v) is 11.3. The van der Waals surface area contributed by atoms with Crippen LogP contribution < -0.4 is 0 Å². The molecular weight excluding hydrogens is 414 g/mol. The van der Waals surface area contributed by atoms with E-state index in [2.05, 4.69) is 33.1 Å². The highest BCUT2D eigenvalue weighted by Gasteiger charge is 2.21. The summed E-state index contributed by atoms with van der Waals surface area (Å²) in [7, 11) is 1.42. The van der Waals surface area contributed by atoms with Gasteiger partial charge in [-0.1, -0.05) is 36.4 Å². The molecule has 168 valence electrons. The Morgan fingerprint density at radius 1 is 1.03 bits per heavy atom. The summed E-state index contributed by atoms with van der Waals surface area (Å²) in [5.74, 6) is -0.340. The average molecular weight is 442 g/mol. The Balaban J connectivity index is 1.63. The van der Waals surface area contributed by atoms with Crippen LogP contribution in [-0.2, 0) is 15.9 Å². The lowest BCUT2D eigenvalue weighted by atomic mass is 9.96. The van der Waals surface area contributed by atoms with Gasteiger partial charge in [-0.05, 0) is 23.8 Å². The predicted octanol–water partition coefficient (Wildman–Crippen LogP) is 4.56. The predicted molar refractivity (Wildman–Crippen MR) is 129 cm³/mol. The van der Waals surface area contributed by atoms with Gasteiger partial charge in [-0.2, -0.15) is 0 Å². The molecule has 5 rings (SSSR count). The summed E-state index contributed by atoms with van der Waals surface area (Å²) in [6.45, 7) is 4.34. The molecule has 1 N–H and O–H groups in total. The molecule has 0 amide bonds. The number of H-pyrrole nitrogens is 1. The molecule has 2 aromatic carbocycles. The lowest BCUT2D eigenvalue weighted by Gasteiger charge is -2.26. The molecule has 6 nitrogen and oxygen atoms in total. The van der Waals surface area contributed by atoms with E-state index < -0.39 is 0 Å². The van der Waals surface area contributed by atoms with Crippen LogP contribution in [0.3, 0.4) is 0 Å². The molecule has 3 heterocycles. The molecule has 2 aromatic heterocycles. The highest BCUT2D eigenvalue weighted by Crippen LogP contribution is 2.36. The Labute approximate surface area is 193 Å². The molecule has 0 unspecified atom stereocenters. The summed E-state index contributed by atoms with van der Waals surface area (Å²) in [5.41, 5.74) is 6.73. The molecule has 0 bridgehead atoms. The summed E-state index contributed by atoms with van der Waals surface area (Å²) in [6, 6.07) is 18.1. The second-order valence-corrected chi connectivity index (χ2v) is 8.23. The van der Waals surface area contributed by atoms with E-state index in [1.54, 1.807) is 0 Å². The number of benzene rings is 2. The number of hydrogen-bond donors (Lipinski definition) is 1. The highest BCUT2D eigenvalue weighted by atomic mass is 16.5. The van der Waals surface area contributed by atoms with Crippen molar-refractivity contribution >= 4 is 16.9 Å². The number of ether oxygens (including phenoxy) is 2. The first-order chi connectivity index (χ1) is 16.2. The molecule has 0 saturated carbocycles. The fourth-order valence-electron chi connectivity index (χ4n) is 4.55. The molecule has 0 atom stereocenters. The van der Waals surface area contributed by atoms with Crippen molar-refractivity contribution in [2.45, 2.75) is 6.42 Å². The molecule has 1 fully saturated rings. The van der Waals surface area contributed by atoms with Crippen molar-refractivity contribution in [3.8, 4) is 22.3 Å². The minimum Gasteiger partial charge on any atom is -0.465 e. The van der Waals surface area contributed by atoms with Crippen molar-refractivity contribution < 1.29 is 14.3 Å². The smallest absolute Gasteiger partial charge is 0.338 e. The summed E-state index contributed by atoms with van der Waals surface area (Å²) in [5, 5.41) is 0.883. The van der Waals surface area contributed by atoms with Crippen LogP contribution in [0.15, 0.2) is 67.0 Å². The molecule has 1 aliphatic rings. The molecule has 0 spiro atoms. The van der Waals surface area contributed by atoms with Crippen LogP contribution in [0.2, 0.25) is 0 Å². The van der Waals surface area contributed by atoms with Crippen molar-refractivity contribution in [3.63, 3.8) is 0 Å². The van der Waals surface area contributed by atoms with Crippen LogP contribution in [0.4, 0.5) is 0 Å². The fourth-order valence-corrected chi connectivity index (χ4v) is 4.55. The van der Waals surface area contributed by atoms with Gasteiger partial charge in [0.15, 0.2) is 0 Å². The first kappa shape index (κ1) is 21.4. The second-order valence-electron chi connectivity index (χ2n) is 8.23. The third kappa shape index (κ3) is 4.40. The Morgan fingerprint density at radius 2 is 1.82 bits per heavy atom. The minimum atomic E-state index is -0.340. The van der Waals surface area contributed by atoms with Gasteiger partial charge >= 0.3 is 5.97 Å². The number of methoxy groups -OCH3 is 1. The van der Waals surface area contributed by atoms with Crippen molar-refractivity contribution in [1.82, 2.24) is 14.9 Å². The zero-order chi connectivity index (χ0) is 22.6. The van der Waals surface area contributed by atoms with E-state index in [9.17, 15) is 4.79 Å². The Bertz CT molecular complexity index is 1260. The van der Waals surface area contributed by atoms with E-state index >= 15 is 0 Å². The van der Waals surface area contributed by atoms with Crippen LogP contribution in [0.1, 0.15) is 16.1 Å². The number of carbonyl (C=O) groups excluding carboxylic acids is 1. The maximum Gasteiger partial charge on any atom is 0.338 e. The normalized spacial score (nSPS) is 14.5. The molecule has 6 heteroatoms. The fraction of sp³-hybridized carbons (Fsp3) is 0.259.